The number of nitrogens with two attached hydrogens (primary N) is 1. The summed E-state index contributed by atoms with van der Waals surface area (Å²) in [6.07, 6.45) is 1.29. The van der Waals surface area contributed by atoms with E-state index in [4.69, 9.17) is 5.14 Å². The number of benzene rings is 2. The minimum atomic E-state index is -3.67. The molecule has 0 heterocycles. The summed E-state index contributed by atoms with van der Waals surface area (Å²) >= 11 is 0. The van der Waals surface area contributed by atoms with Crippen LogP contribution >= 0.6 is 0 Å². The molecule has 1 aliphatic rings. The molecule has 116 valence electrons. The zero-order valence-electron chi connectivity index (χ0n) is 12.4. The monoisotopic (exact) mass is 317 g/mol. The van der Waals surface area contributed by atoms with Crippen molar-refractivity contribution in [3.05, 3.63) is 65.2 Å². The first-order valence-electron chi connectivity index (χ1n) is 7.21. The number of rotatable bonds is 3. The lowest BCUT2D eigenvalue weighted by molar-refractivity contribution is -0.0551. The van der Waals surface area contributed by atoms with Gasteiger partial charge >= 0.3 is 0 Å². The van der Waals surface area contributed by atoms with Crippen molar-refractivity contribution in [1.82, 2.24) is 0 Å². The first kappa shape index (κ1) is 15.2. The Morgan fingerprint density at radius 1 is 1.14 bits per heavy atom. The molecule has 0 bridgehead atoms. The SMILES string of the molecule is Cc1cc(S(N)(=O)=O)ccc1C1CC(O)(c2ccccc2)C1. The number of hydrogen-bond acceptors (Lipinski definition) is 3. The van der Waals surface area contributed by atoms with Crippen molar-refractivity contribution in [1.29, 1.82) is 0 Å². The maximum atomic E-state index is 11.4. The van der Waals surface area contributed by atoms with Gasteiger partial charge in [0.15, 0.2) is 0 Å². The van der Waals surface area contributed by atoms with Crippen LogP contribution in [0.4, 0.5) is 0 Å². The van der Waals surface area contributed by atoms with Gasteiger partial charge in [-0.1, -0.05) is 36.4 Å². The summed E-state index contributed by atoms with van der Waals surface area (Å²) in [5.41, 5.74) is 2.13. The number of sulfonamides is 1. The number of hydrogen-bond donors (Lipinski definition) is 2. The highest BCUT2D eigenvalue weighted by molar-refractivity contribution is 7.89. The molecule has 2 aromatic carbocycles. The molecular weight excluding hydrogens is 298 g/mol. The Bertz CT molecular complexity index is 794. The van der Waals surface area contributed by atoms with Gasteiger partial charge in [0.2, 0.25) is 10.0 Å². The quantitative estimate of drug-likeness (QED) is 0.912. The van der Waals surface area contributed by atoms with E-state index in [-0.39, 0.29) is 10.8 Å². The lowest BCUT2D eigenvalue weighted by Gasteiger charge is -2.45. The minimum Gasteiger partial charge on any atom is -0.385 e. The molecular formula is C17H19NO3S. The second kappa shape index (κ2) is 5.19. The van der Waals surface area contributed by atoms with Crippen LogP contribution in [0, 0.1) is 6.92 Å². The van der Waals surface area contributed by atoms with E-state index in [9.17, 15) is 13.5 Å². The first-order chi connectivity index (χ1) is 10.3. The highest BCUT2D eigenvalue weighted by Gasteiger charge is 2.44. The Hall–Kier alpha value is -1.69. The highest BCUT2D eigenvalue weighted by Crippen LogP contribution is 2.51. The van der Waals surface area contributed by atoms with Crippen molar-refractivity contribution in [2.75, 3.05) is 0 Å². The molecule has 0 aromatic heterocycles. The molecule has 0 amide bonds. The molecule has 4 nitrogen and oxygen atoms in total. The molecule has 0 aliphatic heterocycles. The van der Waals surface area contributed by atoms with Gasteiger partial charge in [0.25, 0.3) is 0 Å². The van der Waals surface area contributed by atoms with Crippen LogP contribution in [0.2, 0.25) is 0 Å². The van der Waals surface area contributed by atoms with Gasteiger partial charge in [-0.25, -0.2) is 13.6 Å². The zero-order chi connectivity index (χ0) is 16.0. The van der Waals surface area contributed by atoms with Gasteiger partial charge in [0.05, 0.1) is 10.5 Å². The van der Waals surface area contributed by atoms with E-state index >= 15 is 0 Å². The predicted octanol–water partition coefficient (Wildman–Crippen LogP) is 2.41. The van der Waals surface area contributed by atoms with Gasteiger partial charge in [-0.2, -0.15) is 0 Å². The van der Waals surface area contributed by atoms with Crippen LogP contribution in [0.5, 0.6) is 0 Å². The van der Waals surface area contributed by atoms with E-state index < -0.39 is 15.6 Å². The van der Waals surface area contributed by atoms with E-state index in [1.54, 1.807) is 6.07 Å². The summed E-state index contributed by atoms with van der Waals surface area (Å²) in [5, 5.41) is 15.8. The molecule has 0 unspecified atom stereocenters. The summed E-state index contributed by atoms with van der Waals surface area (Å²) < 4.78 is 22.8. The maximum absolute atomic E-state index is 11.4. The fraction of sp³-hybridized carbons (Fsp3) is 0.294. The van der Waals surface area contributed by atoms with E-state index in [1.807, 2.05) is 43.3 Å². The Balaban J connectivity index is 1.81. The van der Waals surface area contributed by atoms with Crippen LogP contribution in [-0.2, 0) is 15.6 Å². The third-order valence-electron chi connectivity index (χ3n) is 4.49. The van der Waals surface area contributed by atoms with E-state index in [0.29, 0.717) is 12.8 Å². The second-order valence-electron chi connectivity index (χ2n) is 6.07. The number of primary sulfonamides is 1. The molecule has 2 aromatic rings. The topological polar surface area (TPSA) is 80.4 Å². The van der Waals surface area contributed by atoms with Crippen LogP contribution in [0.1, 0.15) is 35.4 Å². The first-order valence-corrected chi connectivity index (χ1v) is 8.75. The molecule has 0 radical (unpaired) electrons. The Morgan fingerprint density at radius 3 is 2.32 bits per heavy atom. The van der Waals surface area contributed by atoms with Gasteiger partial charge < -0.3 is 5.11 Å². The molecule has 22 heavy (non-hydrogen) atoms. The normalized spacial score (nSPS) is 24.8. The van der Waals surface area contributed by atoms with E-state index in [0.717, 1.165) is 16.7 Å². The molecule has 5 heteroatoms. The average molecular weight is 317 g/mol. The summed E-state index contributed by atoms with van der Waals surface area (Å²) in [7, 11) is -3.67. The lowest BCUT2D eigenvalue weighted by Crippen LogP contribution is -2.40. The third-order valence-corrected chi connectivity index (χ3v) is 5.40. The average Bonchev–Trinajstić information content (AvgIpc) is 2.44. The van der Waals surface area contributed by atoms with Crippen molar-refractivity contribution >= 4 is 10.0 Å². The number of aliphatic hydroxyl groups is 1. The maximum Gasteiger partial charge on any atom is 0.238 e. The molecule has 1 aliphatic carbocycles. The van der Waals surface area contributed by atoms with Gasteiger partial charge in [-0.05, 0) is 54.5 Å². The molecule has 3 rings (SSSR count). The summed E-state index contributed by atoms with van der Waals surface area (Å²) in [5.74, 6) is 0.236. The smallest absolute Gasteiger partial charge is 0.238 e. The Kier molecular flexibility index (Phi) is 3.59. The van der Waals surface area contributed by atoms with Gasteiger partial charge in [0.1, 0.15) is 0 Å². The second-order valence-corrected chi connectivity index (χ2v) is 7.63. The van der Waals surface area contributed by atoms with Crippen LogP contribution in [0.15, 0.2) is 53.4 Å². The molecule has 0 atom stereocenters. The van der Waals surface area contributed by atoms with Crippen LogP contribution < -0.4 is 5.14 Å². The lowest BCUT2D eigenvalue weighted by atomic mass is 9.64. The van der Waals surface area contributed by atoms with E-state index in [2.05, 4.69) is 0 Å². The zero-order valence-corrected chi connectivity index (χ0v) is 13.2. The summed E-state index contributed by atoms with van der Waals surface area (Å²) in [4.78, 5) is 0.131. The van der Waals surface area contributed by atoms with Crippen molar-refractivity contribution in [2.45, 2.75) is 36.2 Å². The standard InChI is InChI=1S/C17H19NO3S/c1-12-9-15(22(18,20)21)7-8-16(12)13-10-17(19,11-13)14-5-3-2-4-6-14/h2-9,13,19H,10-11H2,1H3,(H2,18,20,21). The molecule has 0 spiro atoms. The van der Waals surface area contributed by atoms with Crippen LogP contribution in [-0.4, -0.2) is 13.5 Å². The van der Waals surface area contributed by atoms with Crippen molar-refractivity contribution < 1.29 is 13.5 Å². The molecule has 0 saturated heterocycles. The minimum absolute atomic E-state index is 0.131. The largest absolute Gasteiger partial charge is 0.385 e. The van der Waals surface area contributed by atoms with Crippen LogP contribution in [0.25, 0.3) is 0 Å². The van der Waals surface area contributed by atoms with E-state index in [1.165, 1.54) is 6.07 Å². The molecule has 1 fully saturated rings. The Labute approximate surface area is 130 Å². The van der Waals surface area contributed by atoms with Crippen molar-refractivity contribution in [3.8, 4) is 0 Å². The fourth-order valence-electron chi connectivity index (χ4n) is 3.24. The van der Waals surface area contributed by atoms with Gasteiger partial charge in [0, 0.05) is 0 Å². The fourth-order valence-corrected chi connectivity index (χ4v) is 3.84. The highest BCUT2D eigenvalue weighted by atomic mass is 32.2. The molecule has 1 saturated carbocycles. The van der Waals surface area contributed by atoms with Crippen LogP contribution in [0.3, 0.4) is 0 Å². The third kappa shape index (κ3) is 2.67. The van der Waals surface area contributed by atoms with Gasteiger partial charge in [-0.3, -0.25) is 0 Å². The predicted molar refractivity (Wildman–Crippen MR) is 84.9 cm³/mol. The Morgan fingerprint density at radius 2 is 1.77 bits per heavy atom. The van der Waals surface area contributed by atoms with Gasteiger partial charge in [-0.15, -0.1) is 0 Å². The molecule has 3 N–H and O–H groups in total. The number of aryl methyl sites for hydroxylation is 1. The van der Waals surface area contributed by atoms with Crippen molar-refractivity contribution in [3.63, 3.8) is 0 Å². The summed E-state index contributed by atoms with van der Waals surface area (Å²) in [6.45, 7) is 1.88. The summed E-state index contributed by atoms with van der Waals surface area (Å²) in [6, 6.07) is 14.6. The van der Waals surface area contributed by atoms with Crippen molar-refractivity contribution in [2.24, 2.45) is 5.14 Å².